The molecule has 2 aromatic carbocycles. The van der Waals surface area contributed by atoms with E-state index in [2.05, 4.69) is 0 Å². The Morgan fingerprint density at radius 3 is 2.50 bits per heavy atom. The number of para-hydroxylation sites is 1. The zero-order valence-corrected chi connectivity index (χ0v) is 21.4. The van der Waals surface area contributed by atoms with Crippen molar-refractivity contribution in [2.24, 2.45) is 0 Å². The number of morpholine rings is 1. The van der Waals surface area contributed by atoms with Crippen molar-refractivity contribution in [2.75, 3.05) is 40.0 Å². The summed E-state index contributed by atoms with van der Waals surface area (Å²) in [5.41, 5.74) is 0.192. The first-order valence-corrected chi connectivity index (χ1v) is 13.3. The van der Waals surface area contributed by atoms with Gasteiger partial charge in [-0.3, -0.25) is 19.3 Å². The van der Waals surface area contributed by atoms with Crippen LogP contribution in [0, 0.1) is 0 Å². The minimum Gasteiger partial charge on any atom is -0.493 e. The minimum absolute atomic E-state index is 0.0109. The van der Waals surface area contributed by atoms with Gasteiger partial charge >= 0.3 is 10.1 Å². The lowest BCUT2D eigenvalue weighted by Gasteiger charge is -2.28. The van der Waals surface area contributed by atoms with Crippen LogP contribution in [0.15, 0.2) is 52.3 Å². The maximum Gasteiger partial charge on any atom is 0.339 e. The Labute approximate surface area is 216 Å². The van der Waals surface area contributed by atoms with Gasteiger partial charge in [-0.1, -0.05) is 23.7 Å². The lowest BCUT2D eigenvalue weighted by molar-refractivity contribution is -0.139. The Morgan fingerprint density at radius 2 is 1.83 bits per heavy atom. The van der Waals surface area contributed by atoms with Crippen LogP contribution in [0.5, 0.6) is 11.5 Å². The summed E-state index contributed by atoms with van der Waals surface area (Å²) in [6.45, 7) is 1.17. The third kappa shape index (κ3) is 5.67. The normalized spacial score (nSPS) is 17.6. The van der Waals surface area contributed by atoms with Crippen molar-refractivity contribution in [3.8, 4) is 11.5 Å². The maximum atomic E-state index is 13.0. The summed E-state index contributed by atoms with van der Waals surface area (Å²) >= 11 is 6.49. The quantitative estimate of drug-likeness (QED) is 0.377. The van der Waals surface area contributed by atoms with Gasteiger partial charge in [-0.2, -0.15) is 8.42 Å². The van der Waals surface area contributed by atoms with Gasteiger partial charge in [-0.05, 0) is 48.2 Å². The predicted octanol–water partition coefficient (Wildman–Crippen LogP) is 3.01. The van der Waals surface area contributed by atoms with E-state index in [1.165, 1.54) is 54.5 Å². The average Bonchev–Trinajstić information content (AvgIpc) is 3.13. The van der Waals surface area contributed by atoms with E-state index in [-0.39, 0.29) is 32.8 Å². The third-order valence-electron chi connectivity index (χ3n) is 5.34. The van der Waals surface area contributed by atoms with Gasteiger partial charge in [0.15, 0.2) is 11.5 Å². The van der Waals surface area contributed by atoms with Crippen LogP contribution in [0.25, 0.3) is 6.08 Å². The summed E-state index contributed by atoms with van der Waals surface area (Å²) in [4.78, 5) is 40.3. The highest BCUT2D eigenvalue weighted by Crippen LogP contribution is 2.38. The van der Waals surface area contributed by atoms with Crippen molar-refractivity contribution in [2.45, 2.75) is 4.90 Å². The molecule has 2 fully saturated rings. The zero-order valence-electron chi connectivity index (χ0n) is 19.0. The lowest BCUT2D eigenvalue weighted by atomic mass is 10.1. The molecule has 36 heavy (non-hydrogen) atoms. The number of amides is 3. The van der Waals surface area contributed by atoms with Crippen LogP contribution >= 0.6 is 23.4 Å². The Bertz CT molecular complexity index is 1320. The summed E-state index contributed by atoms with van der Waals surface area (Å²) in [6.07, 6.45) is 1.33. The monoisotopic (exact) mass is 552 g/mol. The largest absolute Gasteiger partial charge is 0.493 e. The van der Waals surface area contributed by atoms with Gasteiger partial charge in [0.1, 0.15) is 11.4 Å². The Morgan fingerprint density at radius 1 is 1.14 bits per heavy atom. The fourth-order valence-electron chi connectivity index (χ4n) is 3.48. The van der Waals surface area contributed by atoms with Crippen LogP contribution in [-0.4, -0.2) is 75.2 Å². The molecule has 2 aromatic rings. The number of nitrogens with zero attached hydrogens (tertiary/aromatic N) is 2. The Balaban J connectivity index is 1.60. The second kappa shape index (κ2) is 10.9. The van der Waals surface area contributed by atoms with Crippen molar-refractivity contribution in [1.82, 2.24) is 9.80 Å². The smallest absolute Gasteiger partial charge is 0.339 e. The number of thioether (sulfide) groups is 1. The SMILES string of the molecule is COc1cccc(/C=C2\SC(=O)N(CC(=O)N3CCOCC3)C2=O)c1OS(=O)(=O)c1ccc(Cl)cc1. The number of halogens is 1. The fraction of sp³-hybridized carbons (Fsp3) is 0.261. The van der Waals surface area contributed by atoms with E-state index in [0.29, 0.717) is 43.1 Å². The molecule has 2 heterocycles. The van der Waals surface area contributed by atoms with Gasteiger partial charge < -0.3 is 18.6 Å². The molecule has 0 aliphatic carbocycles. The molecule has 0 saturated carbocycles. The molecular weight excluding hydrogens is 532 g/mol. The number of rotatable bonds is 7. The number of methoxy groups -OCH3 is 1. The molecule has 0 radical (unpaired) electrons. The molecule has 4 rings (SSSR count). The van der Waals surface area contributed by atoms with Crippen molar-refractivity contribution in [3.63, 3.8) is 0 Å². The van der Waals surface area contributed by atoms with Gasteiger partial charge in [-0.15, -0.1) is 0 Å². The zero-order chi connectivity index (χ0) is 25.9. The van der Waals surface area contributed by atoms with E-state index in [1.54, 1.807) is 6.07 Å². The molecule has 2 aliphatic heterocycles. The third-order valence-corrected chi connectivity index (χ3v) is 7.74. The highest BCUT2D eigenvalue weighted by Gasteiger charge is 2.37. The number of hydrogen-bond acceptors (Lipinski definition) is 9. The average molecular weight is 553 g/mol. The van der Waals surface area contributed by atoms with Crippen molar-refractivity contribution < 1.29 is 36.5 Å². The number of carbonyl (C=O) groups is 3. The van der Waals surface area contributed by atoms with Crippen LogP contribution in [0.1, 0.15) is 5.56 Å². The number of benzene rings is 2. The first-order valence-electron chi connectivity index (χ1n) is 10.7. The van der Waals surface area contributed by atoms with Gasteiger partial charge in [-0.25, -0.2) is 0 Å². The molecule has 0 aromatic heterocycles. The molecule has 190 valence electrons. The van der Waals surface area contributed by atoms with Crippen molar-refractivity contribution >= 4 is 56.6 Å². The van der Waals surface area contributed by atoms with Gasteiger partial charge in [0, 0.05) is 23.7 Å². The van der Waals surface area contributed by atoms with E-state index < -0.39 is 27.8 Å². The second-order valence-corrected chi connectivity index (χ2v) is 10.6. The fourth-order valence-corrected chi connectivity index (χ4v) is 5.40. The molecular formula is C23H21ClN2O8S2. The highest BCUT2D eigenvalue weighted by molar-refractivity contribution is 8.18. The van der Waals surface area contributed by atoms with E-state index >= 15 is 0 Å². The molecule has 3 amide bonds. The Kier molecular flexibility index (Phi) is 7.88. The number of hydrogen-bond donors (Lipinski definition) is 0. The van der Waals surface area contributed by atoms with E-state index in [0.717, 1.165) is 4.90 Å². The van der Waals surface area contributed by atoms with Crippen molar-refractivity contribution in [1.29, 1.82) is 0 Å². The molecule has 2 saturated heterocycles. The molecule has 0 unspecified atom stereocenters. The molecule has 13 heteroatoms. The second-order valence-electron chi connectivity index (χ2n) is 7.63. The predicted molar refractivity (Wildman–Crippen MR) is 132 cm³/mol. The highest BCUT2D eigenvalue weighted by atomic mass is 35.5. The van der Waals surface area contributed by atoms with Crippen molar-refractivity contribution in [3.05, 3.63) is 58.0 Å². The van der Waals surface area contributed by atoms with E-state index in [1.807, 2.05) is 0 Å². The first-order chi connectivity index (χ1) is 17.2. The van der Waals surface area contributed by atoms with Crippen LogP contribution in [0.3, 0.4) is 0 Å². The summed E-state index contributed by atoms with van der Waals surface area (Å²) in [6, 6.07) is 10.0. The van der Waals surface area contributed by atoms with Gasteiger partial charge in [0.05, 0.1) is 25.2 Å². The van der Waals surface area contributed by atoms with Gasteiger partial charge in [0.2, 0.25) is 5.91 Å². The molecule has 0 atom stereocenters. The molecule has 10 nitrogen and oxygen atoms in total. The summed E-state index contributed by atoms with van der Waals surface area (Å²) in [7, 11) is -2.94. The van der Waals surface area contributed by atoms with E-state index in [4.69, 9.17) is 25.3 Å². The van der Waals surface area contributed by atoms with Crippen LogP contribution in [0.4, 0.5) is 4.79 Å². The van der Waals surface area contributed by atoms with Crippen LogP contribution in [0.2, 0.25) is 5.02 Å². The first kappa shape index (κ1) is 26.0. The Hall–Kier alpha value is -3.06. The summed E-state index contributed by atoms with van der Waals surface area (Å²) < 4.78 is 41.6. The number of imide groups is 1. The molecule has 0 bridgehead atoms. The molecule has 2 aliphatic rings. The molecule has 0 N–H and O–H groups in total. The number of carbonyl (C=O) groups excluding carboxylic acids is 3. The van der Waals surface area contributed by atoms with Crippen LogP contribution < -0.4 is 8.92 Å². The lowest BCUT2D eigenvalue weighted by Crippen LogP contribution is -2.46. The standard InChI is InChI=1S/C23H21ClN2O8S2/c1-32-18-4-2-3-15(21(18)34-36(30,31)17-7-5-16(24)6-8-17)13-19-22(28)26(23(29)35-19)14-20(27)25-9-11-33-12-10-25/h2-8,13H,9-12,14H2,1H3/b19-13-. The minimum atomic E-state index is -4.28. The summed E-state index contributed by atoms with van der Waals surface area (Å²) in [5, 5.41) is -0.248. The van der Waals surface area contributed by atoms with E-state index in [9.17, 15) is 22.8 Å². The van der Waals surface area contributed by atoms with Crippen LogP contribution in [-0.2, 0) is 24.4 Å². The van der Waals surface area contributed by atoms with Gasteiger partial charge in [0.25, 0.3) is 11.1 Å². The number of ether oxygens (including phenoxy) is 2. The maximum absolute atomic E-state index is 13.0. The summed E-state index contributed by atoms with van der Waals surface area (Å²) in [5.74, 6) is -1.09. The topological polar surface area (TPSA) is 120 Å². The molecule has 0 spiro atoms.